The van der Waals surface area contributed by atoms with Crippen molar-refractivity contribution in [2.75, 3.05) is 19.0 Å². The summed E-state index contributed by atoms with van der Waals surface area (Å²) in [4.78, 5) is 8.32. The molecular weight excluding hydrogens is 403 g/mol. The van der Waals surface area contributed by atoms with Crippen LogP contribution >= 0.6 is 35.4 Å². The Morgan fingerprint density at radius 3 is 2.52 bits per heavy atom. The summed E-state index contributed by atoms with van der Waals surface area (Å²) in [5.74, 6) is 0.686. The fourth-order valence-corrected chi connectivity index (χ4v) is 4.02. The second-order valence-corrected chi connectivity index (χ2v) is 7.94. The molecule has 5 nitrogen and oxygen atoms in total. The summed E-state index contributed by atoms with van der Waals surface area (Å²) in [6.07, 6.45) is 5.92. The van der Waals surface area contributed by atoms with Crippen molar-refractivity contribution in [2.24, 2.45) is 0 Å². The van der Waals surface area contributed by atoms with Crippen LogP contribution in [0.5, 0.6) is 5.88 Å². The van der Waals surface area contributed by atoms with Crippen LogP contribution in [0.2, 0.25) is 10.2 Å². The molecule has 2 aromatic rings. The highest BCUT2D eigenvalue weighted by Crippen LogP contribution is 2.39. The van der Waals surface area contributed by atoms with Crippen LogP contribution in [-0.2, 0) is 5.41 Å². The predicted molar refractivity (Wildman–Crippen MR) is 114 cm³/mol. The highest BCUT2D eigenvalue weighted by atomic mass is 35.5. The minimum atomic E-state index is 0.0431. The summed E-state index contributed by atoms with van der Waals surface area (Å²) in [5.41, 5.74) is 1.34. The van der Waals surface area contributed by atoms with E-state index in [1.807, 2.05) is 12.1 Å². The fraction of sp³-hybridized carbons (Fsp3) is 0.421. The summed E-state index contributed by atoms with van der Waals surface area (Å²) in [6, 6.07) is 9.69. The Labute approximate surface area is 174 Å². The molecule has 27 heavy (non-hydrogen) atoms. The number of aromatic nitrogens is 2. The lowest BCUT2D eigenvalue weighted by Crippen LogP contribution is -2.43. The lowest BCUT2D eigenvalue weighted by molar-refractivity contribution is 0.292. The van der Waals surface area contributed by atoms with Crippen LogP contribution in [0.3, 0.4) is 0 Å². The number of rotatable bonds is 5. The Bertz CT molecular complexity index is 795. The van der Waals surface area contributed by atoms with E-state index in [0.717, 1.165) is 24.4 Å². The molecule has 1 aliphatic carbocycles. The predicted octanol–water partition coefficient (Wildman–Crippen LogP) is 4.98. The Kier molecular flexibility index (Phi) is 6.73. The van der Waals surface area contributed by atoms with E-state index in [4.69, 9.17) is 40.2 Å². The first-order chi connectivity index (χ1) is 13.0. The van der Waals surface area contributed by atoms with Gasteiger partial charge >= 0.3 is 0 Å². The third kappa shape index (κ3) is 5.21. The smallest absolute Gasteiger partial charge is 0.233 e. The number of hydrogen-bond acceptors (Lipinski definition) is 4. The zero-order chi connectivity index (χ0) is 19.3. The van der Waals surface area contributed by atoms with Gasteiger partial charge in [-0.25, -0.2) is 4.98 Å². The quantitative estimate of drug-likeness (QED) is 0.521. The molecule has 0 radical (unpaired) electrons. The summed E-state index contributed by atoms with van der Waals surface area (Å²) in [7, 11) is 1.53. The summed E-state index contributed by atoms with van der Waals surface area (Å²) in [5, 5.41) is 7.82. The third-order valence-electron chi connectivity index (χ3n) is 4.96. The van der Waals surface area contributed by atoms with Gasteiger partial charge in [-0.1, -0.05) is 54.6 Å². The topological polar surface area (TPSA) is 59.1 Å². The van der Waals surface area contributed by atoms with Crippen molar-refractivity contribution in [2.45, 2.75) is 37.5 Å². The zero-order valence-electron chi connectivity index (χ0n) is 15.1. The second kappa shape index (κ2) is 9.04. The van der Waals surface area contributed by atoms with Gasteiger partial charge in [-0.15, -0.1) is 0 Å². The van der Waals surface area contributed by atoms with Crippen molar-refractivity contribution < 1.29 is 4.74 Å². The van der Waals surface area contributed by atoms with Crippen molar-refractivity contribution in [1.29, 1.82) is 0 Å². The molecule has 0 unspecified atom stereocenters. The molecule has 0 amide bonds. The van der Waals surface area contributed by atoms with Crippen LogP contribution in [-0.4, -0.2) is 28.7 Å². The normalized spacial score (nSPS) is 15.8. The van der Waals surface area contributed by atoms with Crippen molar-refractivity contribution in [3.63, 3.8) is 0 Å². The third-order valence-corrected chi connectivity index (χ3v) is 5.65. The number of hydrogen-bond donors (Lipinski definition) is 2. The van der Waals surface area contributed by atoms with Crippen LogP contribution in [0.1, 0.15) is 37.7 Å². The maximum absolute atomic E-state index is 6.07. The molecule has 1 saturated carbocycles. The largest absolute Gasteiger partial charge is 0.481 e. The number of halogens is 2. The van der Waals surface area contributed by atoms with Crippen LogP contribution in [0.25, 0.3) is 0 Å². The molecule has 0 atom stereocenters. The summed E-state index contributed by atoms with van der Waals surface area (Å²) >= 11 is 17.5. The Morgan fingerprint density at radius 1 is 1.15 bits per heavy atom. The van der Waals surface area contributed by atoms with E-state index >= 15 is 0 Å². The Balaban J connectivity index is 1.69. The molecule has 0 bridgehead atoms. The number of ether oxygens (including phenoxy) is 1. The van der Waals surface area contributed by atoms with Gasteiger partial charge in [0.15, 0.2) is 5.11 Å². The van der Waals surface area contributed by atoms with Crippen LogP contribution in [0.15, 0.2) is 30.3 Å². The zero-order valence-corrected chi connectivity index (χ0v) is 17.4. The van der Waals surface area contributed by atoms with Gasteiger partial charge in [0.05, 0.1) is 7.11 Å². The molecule has 144 valence electrons. The molecule has 2 N–H and O–H groups in total. The van der Waals surface area contributed by atoms with E-state index in [1.54, 1.807) is 6.07 Å². The molecule has 3 rings (SSSR count). The number of thiocarbonyl (C=S) groups is 1. The van der Waals surface area contributed by atoms with Crippen LogP contribution in [0, 0.1) is 0 Å². The molecular formula is C19H22Cl2N4OS. The highest BCUT2D eigenvalue weighted by Gasteiger charge is 2.34. The van der Waals surface area contributed by atoms with Gasteiger partial charge in [-0.2, -0.15) is 4.98 Å². The number of anilines is 1. The molecule has 8 heteroatoms. The lowest BCUT2D eigenvalue weighted by atomic mass is 9.69. The van der Waals surface area contributed by atoms with E-state index in [-0.39, 0.29) is 10.6 Å². The van der Waals surface area contributed by atoms with Gasteiger partial charge in [-0.3, -0.25) is 0 Å². The number of nitrogens with one attached hydrogen (secondary N) is 2. The summed E-state index contributed by atoms with van der Waals surface area (Å²) < 4.78 is 5.11. The average Bonchev–Trinajstić information content (AvgIpc) is 2.67. The van der Waals surface area contributed by atoms with Crippen LogP contribution in [0.4, 0.5) is 5.95 Å². The molecule has 1 aromatic heterocycles. The maximum Gasteiger partial charge on any atom is 0.233 e. The van der Waals surface area contributed by atoms with E-state index in [1.165, 1.54) is 31.9 Å². The molecule has 1 aliphatic rings. The Hall–Kier alpha value is -1.63. The molecule has 1 fully saturated rings. The van der Waals surface area contributed by atoms with Gasteiger partial charge in [0, 0.05) is 23.0 Å². The second-order valence-electron chi connectivity index (χ2n) is 6.71. The van der Waals surface area contributed by atoms with Gasteiger partial charge in [0.25, 0.3) is 0 Å². The lowest BCUT2D eigenvalue weighted by Gasteiger charge is -2.38. The van der Waals surface area contributed by atoms with Gasteiger partial charge in [0.2, 0.25) is 11.8 Å². The van der Waals surface area contributed by atoms with E-state index in [2.05, 4.69) is 32.7 Å². The van der Waals surface area contributed by atoms with Gasteiger partial charge in [-0.05, 0) is 42.8 Å². The van der Waals surface area contributed by atoms with E-state index in [9.17, 15) is 0 Å². The minimum absolute atomic E-state index is 0.0431. The Morgan fingerprint density at radius 2 is 1.85 bits per heavy atom. The molecule has 0 aliphatic heterocycles. The molecule has 1 heterocycles. The first-order valence-electron chi connectivity index (χ1n) is 8.90. The van der Waals surface area contributed by atoms with Crippen molar-refractivity contribution in [3.8, 4) is 5.88 Å². The maximum atomic E-state index is 6.07. The highest BCUT2D eigenvalue weighted by molar-refractivity contribution is 7.80. The number of nitrogens with zero attached hydrogens (tertiary/aromatic N) is 2. The van der Waals surface area contributed by atoms with E-state index < -0.39 is 0 Å². The van der Waals surface area contributed by atoms with Crippen molar-refractivity contribution in [3.05, 3.63) is 46.1 Å². The molecule has 1 aromatic carbocycles. The number of benzene rings is 1. The minimum Gasteiger partial charge on any atom is -0.481 e. The first-order valence-corrected chi connectivity index (χ1v) is 10.1. The molecule has 0 spiro atoms. The SMILES string of the molecule is COc1cc(Cl)nc(NC(=S)NCC2(c3ccc(Cl)cc3)CCCCC2)n1. The van der Waals surface area contributed by atoms with Crippen LogP contribution < -0.4 is 15.4 Å². The molecule has 0 saturated heterocycles. The monoisotopic (exact) mass is 424 g/mol. The first kappa shape index (κ1) is 20.1. The standard InChI is InChI=1S/C19H22Cl2N4OS/c1-26-16-11-15(21)23-17(24-16)25-18(27)22-12-19(9-3-2-4-10-19)13-5-7-14(20)8-6-13/h5-8,11H,2-4,9-10,12H2,1H3,(H2,22,23,24,25,27). The van der Waals surface area contributed by atoms with Crippen molar-refractivity contribution >= 4 is 46.5 Å². The summed E-state index contributed by atoms with van der Waals surface area (Å²) in [6.45, 7) is 0.734. The van der Waals surface area contributed by atoms with Crippen molar-refractivity contribution in [1.82, 2.24) is 15.3 Å². The average molecular weight is 425 g/mol. The van der Waals surface area contributed by atoms with Gasteiger partial charge in [0.1, 0.15) is 5.15 Å². The van der Waals surface area contributed by atoms with Gasteiger partial charge < -0.3 is 15.4 Å². The number of methoxy groups -OCH3 is 1. The van der Waals surface area contributed by atoms with E-state index in [0.29, 0.717) is 16.9 Å². The fourth-order valence-electron chi connectivity index (χ4n) is 3.55.